The first-order valence-corrected chi connectivity index (χ1v) is 9.95. The molecule has 158 valence electrons. The van der Waals surface area contributed by atoms with Crippen LogP contribution < -0.4 is 21.7 Å². The molecule has 1 saturated heterocycles. The highest BCUT2D eigenvalue weighted by atomic mass is 16.2. The van der Waals surface area contributed by atoms with Crippen LogP contribution in [0.4, 0.5) is 0 Å². The molecule has 0 saturated carbocycles. The van der Waals surface area contributed by atoms with Crippen molar-refractivity contribution in [2.24, 2.45) is 10.7 Å². The van der Waals surface area contributed by atoms with Crippen LogP contribution in [0.1, 0.15) is 42.1 Å². The van der Waals surface area contributed by atoms with E-state index in [0.717, 1.165) is 44.6 Å². The number of nitrogens with one attached hydrogen (secondary N) is 3. The number of primary amides is 1. The minimum absolute atomic E-state index is 0.186. The maximum Gasteiger partial charge on any atom is 0.251 e. The third-order valence-corrected chi connectivity index (χ3v) is 4.47. The third-order valence-electron chi connectivity index (χ3n) is 4.47. The highest BCUT2D eigenvalue weighted by Gasteiger charge is 2.18. The van der Waals surface area contributed by atoms with Crippen molar-refractivity contribution in [2.75, 3.05) is 32.7 Å². The maximum atomic E-state index is 11.9. The number of carbonyl (C=O) groups is 3. The van der Waals surface area contributed by atoms with Crippen molar-refractivity contribution in [3.05, 3.63) is 35.4 Å². The summed E-state index contributed by atoms with van der Waals surface area (Å²) < 4.78 is 0. The lowest BCUT2D eigenvalue weighted by Gasteiger charge is -2.16. The monoisotopic (exact) mass is 402 g/mol. The number of guanidine groups is 1. The molecule has 1 aromatic rings. The summed E-state index contributed by atoms with van der Waals surface area (Å²) in [6.45, 7) is 5.38. The Balaban J connectivity index is 1.79. The molecule has 0 atom stereocenters. The van der Waals surface area contributed by atoms with Gasteiger partial charge in [-0.05, 0) is 37.5 Å². The number of carbonyl (C=O) groups excluding carboxylic acids is 3. The molecular formula is C20H30N6O3. The summed E-state index contributed by atoms with van der Waals surface area (Å²) >= 11 is 0. The molecule has 0 radical (unpaired) electrons. The van der Waals surface area contributed by atoms with Crippen LogP contribution in [0.25, 0.3) is 0 Å². The first-order chi connectivity index (χ1) is 14.0. The van der Waals surface area contributed by atoms with Crippen molar-refractivity contribution < 1.29 is 14.4 Å². The fourth-order valence-corrected chi connectivity index (χ4v) is 2.96. The molecule has 0 aliphatic carbocycles. The Kier molecular flexibility index (Phi) is 8.94. The lowest BCUT2D eigenvalue weighted by Crippen LogP contribution is -2.39. The van der Waals surface area contributed by atoms with Crippen LogP contribution >= 0.6 is 0 Å². The molecule has 1 aliphatic rings. The van der Waals surface area contributed by atoms with Gasteiger partial charge in [-0.1, -0.05) is 12.1 Å². The molecule has 9 heteroatoms. The molecule has 0 bridgehead atoms. The number of aliphatic imine (C=N–C) groups is 1. The molecule has 1 aromatic carbocycles. The Labute approximate surface area is 171 Å². The first-order valence-electron chi connectivity index (χ1n) is 9.95. The Morgan fingerprint density at radius 1 is 1.17 bits per heavy atom. The number of rotatable bonds is 10. The number of benzene rings is 1. The van der Waals surface area contributed by atoms with Gasteiger partial charge in [0.15, 0.2) is 5.96 Å². The summed E-state index contributed by atoms with van der Waals surface area (Å²) in [5.41, 5.74) is 6.43. The van der Waals surface area contributed by atoms with Gasteiger partial charge in [-0.15, -0.1) is 0 Å². The minimum Gasteiger partial charge on any atom is -0.368 e. The van der Waals surface area contributed by atoms with Crippen molar-refractivity contribution in [1.82, 2.24) is 20.9 Å². The molecule has 0 unspecified atom stereocenters. The number of hydrogen-bond acceptors (Lipinski definition) is 4. The zero-order chi connectivity index (χ0) is 21.1. The van der Waals surface area contributed by atoms with Gasteiger partial charge in [-0.2, -0.15) is 0 Å². The van der Waals surface area contributed by atoms with E-state index in [-0.39, 0.29) is 18.4 Å². The van der Waals surface area contributed by atoms with E-state index < -0.39 is 5.91 Å². The molecular weight excluding hydrogens is 372 g/mol. The van der Waals surface area contributed by atoms with Crippen molar-refractivity contribution in [3.63, 3.8) is 0 Å². The van der Waals surface area contributed by atoms with Gasteiger partial charge in [0, 0.05) is 38.2 Å². The lowest BCUT2D eigenvalue weighted by molar-refractivity contribution is -0.127. The number of likely N-dealkylation sites (tertiary alicyclic amines) is 1. The molecule has 1 heterocycles. The molecule has 2 rings (SSSR count). The standard InChI is InChI=1S/C20H30N6O3/c1-2-22-20(23-10-4-12-26-11-3-5-18(26)28)25-13-15-6-8-16(9-7-15)19(29)24-14-17(21)27/h6-9H,2-5,10-14H2,1H3,(H2,21,27)(H,24,29)(H2,22,23,25). The predicted octanol–water partition coefficient (Wildman–Crippen LogP) is -0.0307. The smallest absolute Gasteiger partial charge is 0.251 e. The van der Waals surface area contributed by atoms with Crippen molar-refractivity contribution in [3.8, 4) is 0 Å². The van der Waals surface area contributed by atoms with Gasteiger partial charge in [-0.25, -0.2) is 4.99 Å². The van der Waals surface area contributed by atoms with Gasteiger partial charge >= 0.3 is 0 Å². The third kappa shape index (κ3) is 7.81. The van der Waals surface area contributed by atoms with Crippen LogP contribution in [-0.2, 0) is 16.1 Å². The van der Waals surface area contributed by atoms with Gasteiger partial charge < -0.3 is 26.6 Å². The summed E-state index contributed by atoms with van der Waals surface area (Å²) in [5, 5.41) is 8.93. The summed E-state index contributed by atoms with van der Waals surface area (Å²) in [5.74, 6) is 0.0333. The lowest BCUT2D eigenvalue weighted by atomic mass is 10.1. The van der Waals surface area contributed by atoms with Crippen molar-refractivity contribution in [1.29, 1.82) is 0 Å². The Hall–Kier alpha value is -3.10. The molecule has 29 heavy (non-hydrogen) atoms. The number of amides is 3. The van der Waals surface area contributed by atoms with Gasteiger partial charge in [-0.3, -0.25) is 14.4 Å². The fourth-order valence-electron chi connectivity index (χ4n) is 2.96. The van der Waals surface area contributed by atoms with E-state index in [1.54, 1.807) is 12.1 Å². The van der Waals surface area contributed by atoms with E-state index in [1.165, 1.54) is 0 Å². The van der Waals surface area contributed by atoms with Crippen LogP contribution in [-0.4, -0.2) is 61.3 Å². The molecule has 9 nitrogen and oxygen atoms in total. The number of hydrogen-bond donors (Lipinski definition) is 4. The molecule has 0 spiro atoms. The SMILES string of the molecule is CCNC(=NCc1ccc(C(=O)NCC(N)=O)cc1)NCCCN1CCCC1=O. The largest absolute Gasteiger partial charge is 0.368 e. The molecule has 1 aliphatic heterocycles. The highest BCUT2D eigenvalue weighted by Crippen LogP contribution is 2.09. The minimum atomic E-state index is -0.584. The molecule has 0 aromatic heterocycles. The van der Waals surface area contributed by atoms with E-state index in [9.17, 15) is 14.4 Å². The van der Waals surface area contributed by atoms with E-state index in [2.05, 4.69) is 20.9 Å². The topological polar surface area (TPSA) is 129 Å². The molecule has 3 amide bonds. The summed E-state index contributed by atoms with van der Waals surface area (Å²) in [6.07, 6.45) is 2.50. The summed E-state index contributed by atoms with van der Waals surface area (Å²) in [6, 6.07) is 7.03. The average Bonchev–Trinajstić information content (AvgIpc) is 3.12. The van der Waals surface area contributed by atoms with Gasteiger partial charge in [0.25, 0.3) is 5.91 Å². The molecule has 5 N–H and O–H groups in total. The Bertz CT molecular complexity index is 732. The first kappa shape index (κ1) is 22.2. The highest BCUT2D eigenvalue weighted by molar-refractivity contribution is 5.96. The van der Waals surface area contributed by atoms with Crippen LogP contribution in [0.3, 0.4) is 0 Å². The van der Waals surface area contributed by atoms with Crippen LogP contribution in [0, 0.1) is 0 Å². The Morgan fingerprint density at radius 3 is 2.55 bits per heavy atom. The molecule has 1 fully saturated rings. The van der Waals surface area contributed by atoms with Crippen LogP contribution in [0.15, 0.2) is 29.3 Å². The number of nitrogens with two attached hydrogens (primary N) is 1. The normalized spacial score (nSPS) is 14.0. The fraction of sp³-hybridized carbons (Fsp3) is 0.500. The second kappa shape index (κ2) is 11.7. The van der Waals surface area contributed by atoms with Crippen molar-refractivity contribution in [2.45, 2.75) is 32.7 Å². The average molecular weight is 402 g/mol. The number of nitrogens with zero attached hydrogens (tertiary/aromatic N) is 2. The zero-order valence-corrected chi connectivity index (χ0v) is 16.9. The summed E-state index contributed by atoms with van der Waals surface area (Å²) in [4.78, 5) is 40.7. The quantitative estimate of drug-likeness (QED) is 0.248. The maximum absolute atomic E-state index is 11.9. The summed E-state index contributed by atoms with van der Waals surface area (Å²) in [7, 11) is 0. The van der Waals surface area contributed by atoms with Crippen molar-refractivity contribution >= 4 is 23.7 Å². The van der Waals surface area contributed by atoms with E-state index in [4.69, 9.17) is 5.73 Å². The zero-order valence-electron chi connectivity index (χ0n) is 16.9. The van der Waals surface area contributed by atoms with Crippen LogP contribution in [0.2, 0.25) is 0 Å². The van der Waals surface area contributed by atoms with E-state index in [0.29, 0.717) is 24.5 Å². The van der Waals surface area contributed by atoms with Gasteiger partial charge in [0.1, 0.15) is 0 Å². The van der Waals surface area contributed by atoms with Crippen LogP contribution in [0.5, 0.6) is 0 Å². The Morgan fingerprint density at radius 2 is 1.93 bits per heavy atom. The van der Waals surface area contributed by atoms with Gasteiger partial charge in [0.2, 0.25) is 11.8 Å². The van der Waals surface area contributed by atoms with E-state index in [1.807, 2.05) is 24.0 Å². The second-order valence-electron chi connectivity index (χ2n) is 6.81. The van der Waals surface area contributed by atoms with Gasteiger partial charge in [0.05, 0.1) is 13.1 Å². The predicted molar refractivity (Wildman–Crippen MR) is 111 cm³/mol. The van der Waals surface area contributed by atoms with E-state index >= 15 is 0 Å². The second-order valence-corrected chi connectivity index (χ2v) is 6.81.